The number of nitrogens with zero attached hydrogens (tertiary/aromatic N) is 3. The number of benzene rings is 2. The molecule has 0 aliphatic rings. The topological polar surface area (TPSA) is 82.7 Å². The maximum absolute atomic E-state index is 12.4. The second kappa shape index (κ2) is 5.90. The summed E-state index contributed by atoms with van der Waals surface area (Å²) in [5, 5.41) is 19.9. The number of carbonyl (C=O) groups is 1. The van der Waals surface area contributed by atoms with Gasteiger partial charge in [0.2, 0.25) is 5.88 Å². The van der Waals surface area contributed by atoms with Crippen molar-refractivity contribution in [2.24, 2.45) is 10.2 Å². The van der Waals surface area contributed by atoms with Crippen LogP contribution < -0.4 is 0 Å². The van der Waals surface area contributed by atoms with Crippen molar-refractivity contribution in [3.63, 3.8) is 0 Å². The van der Waals surface area contributed by atoms with E-state index in [0.717, 1.165) is 21.8 Å². The van der Waals surface area contributed by atoms with Gasteiger partial charge in [0.25, 0.3) is 5.91 Å². The molecule has 0 bridgehead atoms. The Morgan fingerprint density at radius 1 is 1.12 bits per heavy atom. The van der Waals surface area contributed by atoms with E-state index in [4.69, 9.17) is 0 Å². The van der Waals surface area contributed by atoms with E-state index in [0.29, 0.717) is 17.8 Å². The molecule has 0 aliphatic carbocycles. The third kappa shape index (κ3) is 2.39. The molecule has 4 aromatic rings. The highest BCUT2D eigenvalue weighted by atomic mass is 16.3. The Hall–Kier alpha value is -3.41. The highest BCUT2D eigenvalue weighted by Gasteiger charge is 2.16. The average Bonchev–Trinajstić information content (AvgIpc) is 3.18. The summed E-state index contributed by atoms with van der Waals surface area (Å²) in [4.78, 5) is 15.5. The monoisotopic (exact) mass is 332 g/mol. The Kier molecular flexibility index (Phi) is 3.57. The van der Waals surface area contributed by atoms with E-state index in [2.05, 4.69) is 15.2 Å². The van der Waals surface area contributed by atoms with E-state index < -0.39 is 5.91 Å². The maximum Gasteiger partial charge on any atom is 0.297 e. The Balaban J connectivity index is 1.76. The molecule has 0 fully saturated rings. The Morgan fingerprint density at radius 3 is 2.64 bits per heavy atom. The van der Waals surface area contributed by atoms with Crippen LogP contribution in [-0.4, -0.2) is 20.6 Å². The molecule has 0 unspecified atom stereocenters. The number of aryl methyl sites for hydroxylation is 1. The molecular formula is C19H16N4O2. The van der Waals surface area contributed by atoms with Crippen LogP contribution in [0.1, 0.15) is 17.3 Å². The summed E-state index contributed by atoms with van der Waals surface area (Å²) in [7, 11) is 0. The molecule has 0 saturated carbocycles. The van der Waals surface area contributed by atoms with Crippen molar-refractivity contribution in [1.82, 2.24) is 9.55 Å². The lowest BCUT2D eigenvalue weighted by molar-refractivity contribution is 0.0996. The first-order valence-corrected chi connectivity index (χ1v) is 8.03. The molecule has 0 atom stereocenters. The van der Waals surface area contributed by atoms with Crippen LogP contribution in [0.25, 0.3) is 21.8 Å². The first-order valence-electron chi connectivity index (χ1n) is 8.03. The van der Waals surface area contributed by atoms with Gasteiger partial charge < -0.3 is 14.7 Å². The fraction of sp³-hybridized carbons (Fsp3) is 0.105. The number of aromatic hydroxyl groups is 1. The number of hydrogen-bond acceptors (Lipinski definition) is 3. The molecule has 0 aliphatic heterocycles. The van der Waals surface area contributed by atoms with E-state index in [1.165, 1.54) is 0 Å². The second-order valence-corrected chi connectivity index (χ2v) is 5.69. The van der Waals surface area contributed by atoms with Gasteiger partial charge in [0.05, 0.1) is 11.1 Å². The average molecular weight is 332 g/mol. The van der Waals surface area contributed by atoms with Gasteiger partial charge in [0, 0.05) is 29.0 Å². The summed E-state index contributed by atoms with van der Waals surface area (Å²) in [5.74, 6) is -0.440. The SMILES string of the molecule is CCn1c(O)c(N=NC(=O)c2c[nH]c3ccccc23)c2ccccc21. The number of rotatable bonds is 3. The number of aromatic amines is 1. The van der Waals surface area contributed by atoms with Crippen LogP contribution in [-0.2, 0) is 6.54 Å². The van der Waals surface area contributed by atoms with E-state index >= 15 is 0 Å². The quantitative estimate of drug-likeness (QED) is 0.530. The van der Waals surface area contributed by atoms with Gasteiger partial charge in [0.15, 0.2) is 5.69 Å². The largest absolute Gasteiger partial charge is 0.493 e. The molecule has 2 heterocycles. The van der Waals surface area contributed by atoms with Crippen LogP contribution in [0.2, 0.25) is 0 Å². The fourth-order valence-corrected chi connectivity index (χ4v) is 3.09. The zero-order valence-corrected chi connectivity index (χ0v) is 13.6. The molecule has 4 rings (SSSR count). The number of carbonyl (C=O) groups excluding carboxylic acids is 1. The molecule has 124 valence electrons. The normalized spacial score (nSPS) is 11.7. The molecule has 6 heteroatoms. The predicted molar refractivity (Wildman–Crippen MR) is 96.4 cm³/mol. The van der Waals surface area contributed by atoms with E-state index in [9.17, 15) is 9.90 Å². The van der Waals surface area contributed by atoms with Gasteiger partial charge in [-0.2, -0.15) is 0 Å². The number of para-hydroxylation sites is 2. The van der Waals surface area contributed by atoms with E-state index in [-0.39, 0.29) is 5.88 Å². The standard InChI is InChI=1S/C19H16N4O2/c1-2-23-16-10-6-4-8-13(16)17(19(23)25)21-22-18(24)14-11-20-15-9-5-3-7-12(14)15/h3-11,20,25H,2H2,1H3. The summed E-state index contributed by atoms with van der Waals surface area (Å²) in [6, 6.07) is 15.0. The smallest absolute Gasteiger partial charge is 0.297 e. The minimum absolute atomic E-state index is 0.0131. The van der Waals surface area contributed by atoms with Crippen molar-refractivity contribution in [3.05, 3.63) is 60.3 Å². The van der Waals surface area contributed by atoms with Crippen LogP contribution in [0, 0.1) is 0 Å². The fourth-order valence-electron chi connectivity index (χ4n) is 3.09. The molecule has 2 aromatic heterocycles. The summed E-state index contributed by atoms with van der Waals surface area (Å²) < 4.78 is 1.74. The lowest BCUT2D eigenvalue weighted by Crippen LogP contribution is -1.92. The van der Waals surface area contributed by atoms with Gasteiger partial charge in [-0.25, -0.2) is 0 Å². The van der Waals surface area contributed by atoms with E-state index in [1.54, 1.807) is 10.8 Å². The van der Waals surface area contributed by atoms with Crippen molar-refractivity contribution < 1.29 is 9.90 Å². The van der Waals surface area contributed by atoms with Crippen molar-refractivity contribution in [1.29, 1.82) is 0 Å². The summed E-state index contributed by atoms with van der Waals surface area (Å²) in [6.07, 6.45) is 1.63. The molecular weight excluding hydrogens is 316 g/mol. The molecule has 1 amide bonds. The Bertz CT molecular complexity index is 1120. The number of aromatic nitrogens is 2. The van der Waals surface area contributed by atoms with Crippen LogP contribution in [0.5, 0.6) is 5.88 Å². The number of fused-ring (bicyclic) bond motifs is 2. The summed E-state index contributed by atoms with van der Waals surface area (Å²) in [6.45, 7) is 2.53. The summed E-state index contributed by atoms with van der Waals surface area (Å²) in [5.41, 5.74) is 2.49. The van der Waals surface area contributed by atoms with Gasteiger partial charge >= 0.3 is 0 Å². The van der Waals surface area contributed by atoms with Gasteiger partial charge in [-0.1, -0.05) is 36.4 Å². The van der Waals surface area contributed by atoms with Crippen molar-refractivity contribution in [3.8, 4) is 5.88 Å². The molecule has 6 nitrogen and oxygen atoms in total. The zero-order chi connectivity index (χ0) is 17.4. The third-order valence-corrected chi connectivity index (χ3v) is 4.29. The van der Waals surface area contributed by atoms with Crippen molar-refractivity contribution in [2.75, 3.05) is 0 Å². The number of azo groups is 1. The van der Waals surface area contributed by atoms with Gasteiger partial charge in [-0.05, 0) is 19.1 Å². The van der Waals surface area contributed by atoms with Crippen molar-refractivity contribution in [2.45, 2.75) is 13.5 Å². The lowest BCUT2D eigenvalue weighted by Gasteiger charge is -2.00. The Labute approximate surface area is 143 Å². The van der Waals surface area contributed by atoms with Gasteiger partial charge in [-0.15, -0.1) is 10.2 Å². The van der Waals surface area contributed by atoms with Crippen LogP contribution in [0.3, 0.4) is 0 Å². The molecule has 0 radical (unpaired) electrons. The highest BCUT2D eigenvalue weighted by molar-refractivity contribution is 6.07. The third-order valence-electron chi connectivity index (χ3n) is 4.29. The van der Waals surface area contributed by atoms with Crippen LogP contribution in [0.15, 0.2) is 65.0 Å². The number of amides is 1. The van der Waals surface area contributed by atoms with Crippen LogP contribution in [0.4, 0.5) is 5.69 Å². The van der Waals surface area contributed by atoms with Gasteiger partial charge in [-0.3, -0.25) is 4.79 Å². The first-order chi connectivity index (χ1) is 12.2. The molecule has 2 aromatic carbocycles. The highest BCUT2D eigenvalue weighted by Crippen LogP contribution is 2.38. The first kappa shape index (κ1) is 15.1. The zero-order valence-electron chi connectivity index (χ0n) is 13.6. The molecule has 0 spiro atoms. The summed E-state index contributed by atoms with van der Waals surface area (Å²) >= 11 is 0. The van der Waals surface area contributed by atoms with E-state index in [1.807, 2.05) is 55.5 Å². The molecule has 0 saturated heterocycles. The minimum Gasteiger partial charge on any atom is -0.493 e. The second-order valence-electron chi connectivity index (χ2n) is 5.69. The predicted octanol–water partition coefficient (Wildman–Crippen LogP) is 4.77. The number of nitrogens with one attached hydrogen (secondary N) is 1. The maximum atomic E-state index is 12.4. The van der Waals surface area contributed by atoms with Gasteiger partial charge in [0.1, 0.15) is 0 Å². The Morgan fingerprint density at radius 2 is 1.84 bits per heavy atom. The van der Waals surface area contributed by atoms with Crippen LogP contribution >= 0.6 is 0 Å². The number of H-pyrrole nitrogens is 1. The van der Waals surface area contributed by atoms with Crippen molar-refractivity contribution >= 4 is 33.4 Å². The lowest BCUT2D eigenvalue weighted by atomic mass is 10.2. The molecule has 25 heavy (non-hydrogen) atoms. The number of hydrogen-bond donors (Lipinski definition) is 2. The molecule has 2 N–H and O–H groups in total. The minimum atomic E-state index is -0.454.